The maximum Gasteiger partial charge on any atom is 0.143 e. The Balaban J connectivity index is 1.61. The molecule has 3 aromatic heterocycles. The number of aryl methyl sites for hydroxylation is 2. The van der Waals surface area contributed by atoms with Crippen molar-refractivity contribution in [3.63, 3.8) is 0 Å². The van der Waals surface area contributed by atoms with Crippen LogP contribution in [0, 0.1) is 13.8 Å². The summed E-state index contributed by atoms with van der Waals surface area (Å²) >= 11 is 0. The third-order valence-electron chi connectivity index (χ3n) is 6.53. The van der Waals surface area contributed by atoms with E-state index in [4.69, 9.17) is 10.7 Å². The molecular weight excluding hydrogens is 356 g/mol. The number of anilines is 1. The second-order valence-electron chi connectivity index (χ2n) is 8.15. The van der Waals surface area contributed by atoms with Crippen LogP contribution in [0.4, 0.5) is 5.69 Å². The first-order valence-corrected chi connectivity index (χ1v) is 10.3. The Morgan fingerprint density at radius 3 is 2.59 bits per heavy atom. The summed E-state index contributed by atoms with van der Waals surface area (Å²) in [7, 11) is 0. The van der Waals surface area contributed by atoms with E-state index in [0.29, 0.717) is 5.92 Å². The Kier molecular flexibility index (Phi) is 4.35. The molecule has 1 aromatic carbocycles. The van der Waals surface area contributed by atoms with Crippen LogP contribution in [0.2, 0.25) is 0 Å². The molecule has 0 spiro atoms. The van der Waals surface area contributed by atoms with Crippen molar-refractivity contribution in [1.29, 1.82) is 0 Å². The molecule has 0 radical (unpaired) electrons. The number of nitrogens with zero attached hydrogens (tertiary/aromatic N) is 3. The van der Waals surface area contributed by atoms with E-state index in [1.807, 2.05) is 12.4 Å². The van der Waals surface area contributed by atoms with Crippen LogP contribution in [0.15, 0.2) is 54.9 Å². The van der Waals surface area contributed by atoms with Gasteiger partial charge in [0.2, 0.25) is 0 Å². The lowest BCUT2D eigenvalue weighted by Gasteiger charge is -2.26. The zero-order valence-corrected chi connectivity index (χ0v) is 17.0. The number of nitrogen functional groups attached to an aromatic ring is 1. The van der Waals surface area contributed by atoms with Crippen LogP contribution >= 0.6 is 0 Å². The zero-order valence-electron chi connectivity index (χ0n) is 17.0. The predicted molar refractivity (Wildman–Crippen MR) is 118 cm³/mol. The van der Waals surface area contributed by atoms with Crippen molar-refractivity contribution in [1.82, 2.24) is 14.5 Å². The second-order valence-corrected chi connectivity index (χ2v) is 8.15. The first kappa shape index (κ1) is 17.9. The van der Waals surface area contributed by atoms with E-state index in [1.54, 1.807) is 0 Å². The van der Waals surface area contributed by atoms with Crippen molar-refractivity contribution in [3.05, 3.63) is 88.5 Å². The van der Waals surface area contributed by atoms with E-state index in [2.05, 4.69) is 65.9 Å². The number of pyridine rings is 2. The monoisotopic (exact) mass is 382 g/mol. The van der Waals surface area contributed by atoms with Gasteiger partial charge in [0.25, 0.3) is 0 Å². The fraction of sp³-hybridized carbons (Fsp3) is 0.280. The lowest BCUT2D eigenvalue weighted by atomic mass is 9.81. The minimum Gasteiger partial charge on any atom is -0.398 e. The molecule has 3 heterocycles. The normalized spacial score (nSPS) is 16.1. The minimum atomic E-state index is 0.519. The lowest BCUT2D eigenvalue weighted by molar-refractivity contribution is 0.576. The van der Waals surface area contributed by atoms with Crippen molar-refractivity contribution in [2.24, 2.45) is 0 Å². The van der Waals surface area contributed by atoms with Crippen LogP contribution in [-0.4, -0.2) is 14.5 Å². The summed E-state index contributed by atoms with van der Waals surface area (Å²) in [6.45, 7) is 5.13. The second kappa shape index (κ2) is 7.03. The van der Waals surface area contributed by atoms with Crippen molar-refractivity contribution in [2.75, 3.05) is 5.73 Å². The number of aromatic nitrogens is 3. The van der Waals surface area contributed by atoms with E-state index in [9.17, 15) is 0 Å². The summed E-state index contributed by atoms with van der Waals surface area (Å²) in [4.78, 5) is 9.29. The van der Waals surface area contributed by atoms with Gasteiger partial charge >= 0.3 is 0 Å². The van der Waals surface area contributed by atoms with E-state index in [0.717, 1.165) is 42.5 Å². The molecule has 4 nitrogen and oxygen atoms in total. The van der Waals surface area contributed by atoms with Crippen LogP contribution in [0.1, 0.15) is 46.0 Å². The Morgan fingerprint density at radius 1 is 1.07 bits per heavy atom. The van der Waals surface area contributed by atoms with Crippen molar-refractivity contribution < 1.29 is 0 Å². The van der Waals surface area contributed by atoms with Crippen LogP contribution in [0.3, 0.4) is 0 Å². The van der Waals surface area contributed by atoms with E-state index in [-0.39, 0.29) is 0 Å². The average Bonchev–Trinajstić information content (AvgIpc) is 3.00. The van der Waals surface area contributed by atoms with Crippen molar-refractivity contribution in [3.8, 4) is 0 Å². The number of nitrogens with two attached hydrogens (primary N) is 1. The highest BCUT2D eigenvalue weighted by Crippen LogP contribution is 2.39. The molecule has 0 saturated heterocycles. The number of hydrogen-bond acceptors (Lipinski definition) is 3. The highest BCUT2D eigenvalue weighted by molar-refractivity contribution is 5.95. The van der Waals surface area contributed by atoms with Crippen molar-refractivity contribution in [2.45, 2.75) is 45.6 Å². The molecular formula is C25H26N4. The third kappa shape index (κ3) is 3.00. The van der Waals surface area contributed by atoms with Gasteiger partial charge in [0.05, 0.1) is 0 Å². The van der Waals surface area contributed by atoms with Gasteiger partial charge in [-0.15, -0.1) is 0 Å². The van der Waals surface area contributed by atoms with Gasteiger partial charge in [-0.1, -0.05) is 30.3 Å². The Labute approximate surface area is 171 Å². The van der Waals surface area contributed by atoms with Gasteiger partial charge < -0.3 is 10.3 Å². The summed E-state index contributed by atoms with van der Waals surface area (Å²) in [5, 5.41) is 1.13. The highest BCUT2D eigenvalue weighted by Gasteiger charge is 2.26. The molecule has 5 rings (SSSR count). The van der Waals surface area contributed by atoms with Gasteiger partial charge in [-0.25, -0.2) is 4.98 Å². The molecule has 29 heavy (non-hydrogen) atoms. The Bertz CT molecular complexity index is 1180. The van der Waals surface area contributed by atoms with Crippen LogP contribution in [0.25, 0.3) is 11.0 Å². The van der Waals surface area contributed by atoms with E-state index in [1.165, 1.54) is 33.6 Å². The average molecular weight is 383 g/mol. The molecule has 1 aliphatic carbocycles. The van der Waals surface area contributed by atoms with Crippen LogP contribution in [-0.2, 0) is 19.4 Å². The Morgan fingerprint density at radius 2 is 1.83 bits per heavy atom. The maximum absolute atomic E-state index is 6.79. The van der Waals surface area contributed by atoms with Gasteiger partial charge in [-0.2, -0.15) is 0 Å². The molecule has 1 atom stereocenters. The standard InChI is InChI=1S/C25H26N4/c1-16-17(2)29(15-18-10-12-27-13-11-18)25-23(16)24(26)21-14-20(8-9-22(21)28-25)19-6-4-3-5-7-19/h3-7,10-13,20H,8-9,14-15H2,1-2H3,(H2,26,28)/t20-/m0/s1. The smallest absolute Gasteiger partial charge is 0.143 e. The summed E-state index contributed by atoms with van der Waals surface area (Å²) in [6, 6.07) is 14.9. The summed E-state index contributed by atoms with van der Waals surface area (Å²) in [6.07, 6.45) is 6.76. The molecule has 4 aromatic rings. The number of benzene rings is 1. The molecule has 0 amide bonds. The molecule has 0 aliphatic heterocycles. The first-order valence-electron chi connectivity index (χ1n) is 10.3. The van der Waals surface area contributed by atoms with Gasteiger partial charge in [0.1, 0.15) is 5.65 Å². The summed E-state index contributed by atoms with van der Waals surface area (Å²) in [5.41, 5.74) is 16.3. The predicted octanol–water partition coefficient (Wildman–Crippen LogP) is 4.95. The first-order chi connectivity index (χ1) is 14.1. The largest absolute Gasteiger partial charge is 0.398 e. The molecule has 0 saturated carbocycles. The fourth-order valence-corrected chi connectivity index (χ4v) is 4.75. The van der Waals surface area contributed by atoms with E-state index < -0.39 is 0 Å². The minimum absolute atomic E-state index is 0.519. The third-order valence-corrected chi connectivity index (χ3v) is 6.53. The van der Waals surface area contributed by atoms with Crippen LogP contribution < -0.4 is 5.73 Å². The topological polar surface area (TPSA) is 56.7 Å². The molecule has 4 heteroatoms. The molecule has 2 N–H and O–H groups in total. The Hall–Kier alpha value is -3.14. The molecule has 0 unspecified atom stereocenters. The van der Waals surface area contributed by atoms with Gasteiger partial charge in [0, 0.05) is 41.4 Å². The molecule has 146 valence electrons. The van der Waals surface area contributed by atoms with Gasteiger partial charge in [-0.3, -0.25) is 4.98 Å². The lowest BCUT2D eigenvalue weighted by Crippen LogP contribution is -2.17. The molecule has 1 aliphatic rings. The quantitative estimate of drug-likeness (QED) is 0.545. The summed E-state index contributed by atoms with van der Waals surface area (Å²) in [5.74, 6) is 0.519. The van der Waals surface area contributed by atoms with E-state index >= 15 is 0 Å². The highest BCUT2D eigenvalue weighted by atomic mass is 15.1. The fourth-order valence-electron chi connectivity index (χ4n) is 4.75. The number of hydrogen-bond donors (Lipinski definition) is 1. The zero-order chi connectivity index (χ0) is 20.0. The molecule has 0 fully saturated rings. The number of rotatable bonds is 3. The molecule has 0 bridgehead atoms. The van der Waals surface area contributed by atoms with Gasteiger partial charge in [0.15, 0.2) is 0 Å². The number of fused-ring (bicyclic) bond motifs is 2. The SMILES string of the molecule is Cc1c(C)n(Cc2ccncc2)c2nc3c(c(N)c12)C[C@@H](c1ccccc1)CC3. The summed E-state index contributed by atoms with van der Waals surface area (Å²) < 4.78 is 2.31. The van der Waals surface area contributed by atoms with Crippen LogP contribution in [0.5, 0.6) is 0 Å². The van der Waals surface area contributed by atoms with Gasteiger partial charge in [-0.05, 0) is 73.4 Å². The maximum atomic E-state index is 6.79. The van der Waals surface area contributed by atoms with Crippen molar-refractivity contribution >= 4 is 16.7 Å².